The van der Waals surface area contributed by atoms with Crippen molar-refractivity contribution in [3.8, 4) is 0 Å². The molecule has 4 unspecified atom stereocenters. The van der Waals surface area contributed by atoms with Gasteiger partial charge in [-0.25, -0.2) is 4.79 Å². The van der Waals surface area contributed by atoms with Crippen LogP contribution in [0.15, 0.2) is 35.5 Å². The lowest BCUT2D eigenvalue weighted by Crippen LogP contribution is -2.25. The van der Waals surface area contributed by atoms with E-state index in [1.54, 1.807) is 13.8 Å². The first-order valence-electron chi connectivity index (χ1n) is 9.04. The van der Waals surface area contributed by atoms with Gasteiger partial charge < -0.3 is 19.7 Å². The second-order valence-corrected chi connectivity index (χ2v) is 7.07. The number of fused-ring (bicyclic) bond motifs is 1. The number of hydrogen-bond donors (Lipinski definition) is 2. The molecule has 0 saturated carbocycles. The third kappa shape index (κ3) is 5.05. The van der Waals surface area contributed by atoms with Crippen LogP contribution in [-0.2, 0) is 19.1 Å². The van der Waals surface area contributed by atoms with Crippen molar-refractivity contribution in [2.24, 2.45) is 11.8 Å². The minimum atomic E-state index is -0.763. The van der Waals surface area contributed by atoms with Crippen LogP contribution < -0.4 is 0 Å². The Kier molecular flexibility index (Phi) is 7.17. The summed E-state index contributed by atoms with van der Waals surface area (Å²) in [5.74, 6) is -1.55. The summed E-state index contributed by atoms with van der Waals surface area (Å²) < 4.78 is 10.7. The highest BCUT2D eigenvalue weighted by molar-refractivity contribution is 5.90. The number of ether oxygens (including phenoxy) is 2. The van der Waals surface area contributed by atoms with Crippen molar-refractivity contribution < 1.29 is 29.3 Å². The van der Waals surface area contributed by atoms with Crippen LogP contribution in [0.25, 0.3) is 0 Å². The van der Waals surface area contributed by atoms with E-state index in [0.29, 0.717) is 31.3 Å². The van der Waals surface area contributed by atoms with Gasteiger partial charge >= 0.3 is 11.9 Å². The van der Waals surface area contributed by atoms with Crippen LogP contribution in [0.3, 0.4) is 0 Å². The zero-order valence-electron chi connectivity index (χ0n) is 15.4. The Bertz CT molecular complexity index is 616. The van der Waals surface area contributed by atoms with E-state index in [2.05, 4.69) is 6.58 Å². The van der Waals surface area contributed by atoms with E-state index in [1.807, 2.05) is 12.2 Å². The maximum absolute atomic E-state index is 11.9. The SMILES string of the molecule is C=C1C(=O)OC2CC(CO)=CCCC(COC(=O)C(C)C(C)O)=CCC12. The maximum atomic E-state index is 11.9. The van der Waals surface area contributed by atoms with Crippen LogP contribution in [0.5, 0.6) is 0 Å². The third-order valence-corrected chi connectivity index (χ3v) is 5.14. The highest BCUT2D eigenvalue weighted by Crippen LogP contribution is 2.34. The van der Waals surface area contributed by atoms with Gasteiger partial charge in [-0.3, -0.25) is 4.79 Å². The topological polar surface area (TPSA) is 93.1 Å². The van der Waals surface area contributed by atoms with Gasteiger partial charge in [0.15, 0.2) is 0 Å². The van der Waals surface area contributed by atoms with E-state index in [9.17, 15) is 19.8 Å². The lowest BCUT2D eigenvalue weighted by molar-refractivity contribution is -0.150. The number of carbonyl (C=O) groups excluding carboxylic acids is 2. The zero-order chi connectivity index (χ0) is 19.3. The smallest absolute Gasteiger partial charge is 0.334 e. The van der Waals surface area contributed by atoms with Gasteiger partial charge in [-0.05, 0) is 44.3 Å². The Morgan fingerprint density at radius 3 is 2.77 bits per heavy atom. The predicted octanol–water partition coefficient (Wildman–Crippen LogP) is 2.06. The van der Waals surface area contributed by atoms with E-state index in [0.717, 1.165) is 11.1 Å². The fraction of sp³-hybridized carbons (Fsp3) is 0.600. The molecule has 1 heterocycles. The van der Waals surface area contributed by atoms with E-state index in [4.69, 9.17) is 9.47 Å². The van der Waals surface area contributed by atoms with Crippen molar-refractivity contribution in [1.82, 2.24) is 0 Å². The normalized spacial score (nSPS) is 26.2. The van der Waals surface area contributed by atoms with Gasteiger partial charge in [0.2, 0.25) is 0 Å². The van der Waals surface area contributed by atoms with Crippen LogP contribution in [0.4, 0.5) is 0 Å². The summed E-state index contributed by atoms with van der Waals surface area (Å²) in [4.78, 5) is 23.8. The highest BCUT2D eigenvalue weighted by Gasteiger charge is 2.38. The summed E-state index contributed by atoms with van der Waals surface area (Å²) in [5, 5.41) is 19.0. The number of allylic oxidation sites excluding steroid dienone is 2. The fourth-order valence-electron chi connectivity index (χ4n) is 3.10. The summed E-state index contributed by atoms with van der Waals surface area (Å²) in [6.07, 6.45) is 5.34. The second-order valence-electron chi connectivity index (χ2n) is 7.07. The van der Waals surface area contributed by atoms with E-state index < -0.39 is 18.0 Å². The molecule has 6 heteroatoms. The molecule has 1 fully saturated rings. The number of hydrogen-bond acceptors (Lipinski definition) is 6. The van der Waals surface area contributed by atoms with Gasteiger partial charge in [-0.1, -0.05) is 18.7 Å². The molecule has 2 rings (SSSR count). The summed E-state index contributed by atoms with van der Waals surface area (Å²) in [5.41, 5.74) is 2.23. The quantitative estimate of drug-likeness (QED) is 0.441. The van der Waals surface area contributed by atoms with Crippen molar-refractivity contribution in [2.45, 2.75) is 51.7 Å². The summed E-state index contributed by atoms with van der Waals surface area (Å²) in [6.45, 7) is 7.09. The number of rotatable bonds is 5. The third-order valence-electron chi connectivity index (χ3n) is 5.14. The summed E-state index contributed by atoms with van der Waals surface area (Å²) in [6, 6.07) is 0. The Morgan fingerprint density at radius 1 is 1.38 bits per heavy atom. The molecule has 0 radical (unpaired) electrons. The monoisotopic (exact) mass is 364 g/mol. The highest BCUT2D eigenvalue weighted by atomic mass is 16.6. The van der Waals surface area contributed by atoms with Gasteiger partial charge in [-0.2, -0.15) is 0 Å². The summed E-state index contributed by atoms with van der Waals surface area (Å²) in [7, 11) is 0. The zero-order valence-corrected chi connectivity index (χ0v) is 15.4. The number of carbonyl (C=O) groups is 2. The Balaban J connectivity index is 2.10. The molecule has 2 aliphatic rings. The molecule has 0 spiro atoms. The van der Waals surface area contributed by atoms with E-state index in [-0.39, 0.29) is 31.2 Å². The van der Waals surface area contributed by atoms with Gasteiger partial charge in [0, 0.05) is 17.9 Å². The molecule has 26 heavy (non-hydrogen) atoms. The van der Waals surface area contributed by atoms with Gasteiger partial charge in [0.05, 0.1) is 18.6 Å². The van der Waals surface area contributed by atoms with Crippen LogP contribution in [0.2, 0.25) is 0 Å². The molecule has 0 aromatic heterocycles. The Morgan fingerprint density at radius 2 is 2.12 bits per heavy atom. The van der Waals surface area contributed by atoms with Crippen molar-refractivity contribution >= 4 is 11.9 Å². The molecule has 1 aliphatic heterocycles. The van der Waals surface area contributed by atoms with Crippen LogP contribution >= 0.6 is 0 Å². The van der Waals surface area contributed by atoms with E-state index in [1.165, 1.54) is 0 Å². The van der Waals surface area contributed by atoms with Crippen LogP contribution in [0, 0.1) is 11.8 Å². The second kappa shape index (κ2) is 9.14. The molecule has 1 aliphatic carbocycles. The molecule has 6 nitrogen and oxygen atoms in total. The lowest BCUT2D eigenvalue weighted by Gasteiger charge is -2.20. The van der Waals surface area contributed by atoms with Gasteiger partial charge in [0.1, 0.15) is 12.7 Å². The minimum Gasteiger partial charge on any atom is -0.461 e. The van der Waals surface area contributed by atoms with E-state index >= 15 is 0 Å². The molecule has 0 bridgehead atoms. The average Bonchev–Trinajstić information content (AvgIpc) is 2.88. The molecule has 2 N–H and O–H groups in total. The van der Waals surface area contributed by atoms with Gasteiger partial charge in [0.25, 0.3) is 0 Å². The van der Waals surface area contributed by atoms with Crippen LogP contribution in [0.1, 0.15) is 39.5 Å². The predicted molar refractivity (Wildman–Crippen MR) is 96.0 cm³/mol. The number of aliphatic hydroxyl groups excluding tert-OH is 2. The number of aliphatic hydroxyl groups is 2. The van der Waals surface area contributed by atoms with Crippen molar-refractivity contribution in [2.75, 3.05) is 13.2 Å². The average molecular weight is 364 g/mol. The molecule has 1 saturated heterocycles. The lowest BCUT2D eigenvalue weighted by atomic mass is 9.87. The molecule has 0 aromatic carbocycles. The van der Waals surface area contributed by atoms with Crippen molar-refractivity contribution in [1.29, 1.82) is 0 Å². The largest absolute Gasteiger partial charge is 0.461 e. The molecular formula is C20H28O6. The van der Waals surface area contributed by atoms with Crippen LogP contribution in [-0.4, -0.2) is 47.6 Å². The van der Waals surface area contributed by atoms with Crippen molar-refractivity contribution in [3.05, 3.63) is 35.5 Å². The first-order chi connectivity index (χ1) is 12.3. The Labute approximate surface area is 154 Å². The van der Waals surface area contributed by atoms with Gasteiger partial charge in [-0.15, -0.1) is 0 Å². The first kappa shape index (κ1) is 20.4. The minimum absolute atomic E-state index is 0.0762. The standard InChI is InChI=1S/C20H28O6/c1-12(14(3)22)19(23)25-11-15-5-4-6-16(10-21)9-18-17(8-7-15)13(2)20(24)26-18/h6-7,12,14,17-18,21-22H,2,4-5,8-11H2,1,3H3. The van der Waals surface area contributed by atoms with Crippen molar-refractivity contribution in [3.63, 3.8) is 0 Å². The molecule has 0 amide bonds. The molecule has 144 valence electrons. The molecule has 0 aromatic rings. The molecule has 4 atom stereocenters. The molecular weight excluding hydrogens is 336 g/mol. The Hall–Kier alpha value is -1.92. The number of esters is 2. The fourth-order valence-corrected chi connectivity index (χ4v) is 3.10. The summed E-state index contributed by atoms with van der Waals surface area (Å²) >= 11 is 0. The first-order valence-corrected chi connectivity index (χ1v) is 9.04. The maximum Gasteiger partial charge on any atom is 0.334 e.